The summed E-state index contributed by atoms with van der Waals surface area (Å²) in [5.41, 5.74) is 2.95. The number of benzene rings is 1. The van der Waals surface area contributed by atoms with Crippen LogP contribution < -0.4 is 10.6 Å². The molecule has 2 aromatic rings. The Labute approximate surface area is 134 Å². The Bertz CT molecular complexity index is 667. The summed E-state index contributed by atoms with van der Waals surface area (Å²) in [7, 11) is 0. The van der Waals surface area contributed by atoms with Gasteiger partial charge >= 0.3 is 0 Å². The molecular formula is C14H13IN2O2S. The number of carbonyl (C=O) groups excluding carboxylic acids is 2. The van der Waals surface area contributed by atoms with Gasteiger partial charge in [-0.3, -0.25) is 9.59 Å². The topological polar surface area (TPSA) is 58.2 Å². The van der Waals surface area contributed by atoms with Crippen LogP contribution in [0, 0.1) is 9.81 Å². The van der Waals surface area contributed by atoms with Crippen LogP contribution in [0.2, 0.25) is 0 Å². The van der Waals surface area contributed by atoms with E-state index in [0.29, 0.717) is 16.9 Å². The zero-order chi connectivity index (χ0) is 14.7. The fourth-order valence-electron chi connectivity index (χ4n) is 1.66. The van der Waals surface area contributed by atoms with Crippen molar-refractivity contribution in [2.75, 3.05) is 10.6 Å². The number of hydrogen-bond donors (Lipinski definition) is 2. The molecule has 0 aliphatic carbocycles. The predicted molar refractivity (Wildman–Crippen MR) is 90.5 cm³/mol. The molecule has 1 aromatic carbocycles. The molecule has 0 spiro atoms. The third-order valence-electron chi connectivity index (χ3n) is 2.64. The molecule has 2 amide bonds. The van der Waals surface area contributed by atoms with Crippen molar-refractivity contribution in [2.45, 2.75) is 13.8 Å². The second-order valence-electron chi connectivity index (χ2n) is 4.30. The summed E-state index contributed by atoms with van der Waals surface area (Å²) >= 11 is 3.71. The maximum absolute atomic E-state index is 12.1. The van der Waals surface area contributed by atoms with Crippen molar-refractivity contribution in [1.82, 2.24) is 0 Å². The van der Waals surface area contributed by atoms with Gasteiger partial charge in [-0.1, -0.05) is 6.07 Å². The van der Waals surface area contributed by atoms with Gasteiger partial charge in [0.2, 0.25) is 5.91 Å². The number of rotatable bonds is 3. The summed E-state index contributed by atoms with van der Waals surface area (Å²) in [6.07, 6.45) is 0. The molecule has 0 unspecified atom stereocenters. The standard InChI is InChI=1S/C14H13IN2O2S/c1-8-3-4-11(6-12(8)16-9(2)18)17-14(19)10-5-13(15)20-7-10/h3-7H,1-2H3,(H,16,18)(H,17,19). The van der Waals surface area contributed by atoms with Gasteiger partial charge in [-0.25, -0.2) is 0 Å². The summed E-state index contributed by atoms with van der Waals surface area (Å²) in [5, 5.41) is 7.39. The van der Waals surface area contributed by atoms with Gasteiger partial charge in [-0.15, -0.1) is 11.3 Å². The maximum atomic E-state index is 12.1. The first-order valence-electron chi connectivity index (χ1n) is 5.89. The molecule has 0 aliphatic heterocycles. The van der Waals surface area contributed by atoms with Gasteiger partial charge in [0.25, 0.3) is 5.91 Å². The van der Waals surface area contributed by atoms with E-state index in [1.54, 1.807) is 6.07 Å². The molecule has 0 fully saturated rings. The van der Waals surface area contributed by atoms with Crippen molar-refractivity contribution < 1.29 is 9.59 Å². The number of nitrogens with one attached hydrogen (secondary N) is 2. The highest BCUT2D eigenvalue weighted by Crippen LogP contribution is 2.22. The minimum atomic E-state index is -0.151. The maximum Gasteiger partial charge on any atom is 0.256 e. The second kappa shape index (κ2) is 6.36. The van der Waals surface area contributed by atoms with Crippen LogP contribution in [-0.4, -0.2) is 11.8 Å². The first-order chi connectivity index (χ1) is 9.45. The van der Waals surface area contributed by atoms with Crippen LogP contribution in [0.3, 0.4) is 0 Å². The number of amides is 2. The quantitative estimate of drug-likeness (QED) is 0.769. The molecule has 0 saturated carbocycles. The second-order valence-corrected chi connectivity index (χ2v) is 7.11. The lowest BCUT2D eigenvalue weighted by atomic mass is 10.1. The minimum absolute atomic E-state index is 0.135. The zero-order valence-corrected chi connectivity index (χ0v) is 14.0. The molecule has 0 aliphatic rings. The Kier molecular flexibility index (Phi) is 4.77. The van der Waals surface area contributed by atoms with Crippen LogP contribution in [0.4, 0.5) is 11.4 Å². The fourth-order valence-corrected chi connectivity index (χ4v) is 2.98. The molecule has 2 rings (SSSR count). The van der Waals surface area contributed by atoms with Crippen LogP contribution in [0.25, 0.3) is 0 Å². The van der Waals surface area contributed by atoms with E-state index >= 15 is 0 Å². The van der Waals surface area contributed by atoms with E-state index in [0.717, 1.165) is 8.45 Å². The molecule has 1 heterocycles. The number of aryl methyl sites for hydroxylation is 1. The molecule has 104 valence electrons. The van der Waals surface area contributed by atoms with Gasteiger partial charge in [-0.2, -0.15) is 0 Å². The molecule has 0 radical (unpaired) electrons. The zero-order valence-electron chi connectivity index (χ0n) is 11.0. The summed E-state index contributed by atoms with van der Waals surface area (Å²) in [6, 6.07) is 7.27. The van der Waals surface area contributed by atoms with E-state index in [-0.39, 0.29) is 11.8 Å². The van der Waals surface area contributed by atoms with Crippen LogP contribution in [0.15, 0.2) is 29.6 Å². The molecule has 0 atom stereocenters. The van der Waals surface area contributed by atoms with Gasteiger partial charge in [0.05, 0.1) is 8.45 Å². The van der Waals surface area contributed by atoms with Crippen LogP contribution in [0.5, 0.6) is 0 Å². The molecule has 6 heteroatoms. The average molecular weight is 400 g/mol. The van der Waals surface area contributed by atoms with Crippen molar-refractivity contribution in [3.8, 4) is 0 Å². The Morgan fingerprint density at radius 1 is 1.20 bits per heavy atom. The summed E-state index contributed by atoms with van der Waals surface area (Å²) in [6.45, 7) is 3.36. The lowest BCUT2D eigenvalue weighted by Gasteiger charge is -2.10. The summed E-state index contributed by atoms with van der Waals surface area (Å²) < 4.78 is 1.07. The summed E-state index contributed by atoms with van der Waals surface area (Å²) in [4.78, 5) is 23.2. The highest BCUT2D eigenvalue weighted by atomic mass is 127. The van der Waals surface area contributed by atoms with Crippen molar-refractivity contribution in [3.63, 3.8) is 0 Å². The highest BCUT2D eigenvalue weighted by Gasteiger charge is 2.09. The van der Waals surface area contributed by atoms with Crippen LogP contribution >= 0.6 is 33.9 Å². The molecule has 0 bridgehead atoms. The third-order valence-corrected chi connectivity index (χ3v) is 4.42. The van der Waals surface area contributed by atoms with E-state index in [4.69, 9.17) is 0 Å². The molecule has 1 aromatic heterocycles. The first-order valence-corrected chi connectivity index (χ1v) is 7.85. The Hall–Kier alpha value is -1.41. The Morgan fingerprint density at radius 3 is 2.55 bits per heavy atom. The number of thiophene rings is 1. The summed E-state index contributed by atoms with van der Waals surface area (Å²) in [5.74, 6) is -0.286. The largest absolute Gasteiger partial charge is 0.326 e. The number of anilines is 2. The number of carbonyl (C=O) groups is 2. The van der Waals surface area contributed by atoms with E-state index in [9.17, 15) is 9.59 Å². The SMILES string of the molecule is CC(=O)Nc1cc(NC(=O)c2csc(I)c2)ccc1C. The normalized spacial score (nSPS) is 10.2. The van der Waals surface area contributed by atoms with Gasteiger partial charge in [0.1, 0.15) is 0 Å². The smallest absolute Gasteiger partial charge is 0.256 e. The fraction of sp³-hybridized carbons (Fsp3) is 0.143. The molecular weight excluding hydrogens is 387 g/mol. The minimum Gasteiger partial charge on any atom is -0.326 e. The highest BCUT2D eigenvalue weighted by molar-refractivity contribution is 14.1. The monoisotopic (exact) mass is 400 g/mol. The van der Waals surface area contributed by atoms with Crippen molar-refractivity contribution in [1.29, 1.82) is 0 Å². The van der Waals surface area contributed by atoms with Crippen LogP contribution in [0.1, 0.15) is 22.8 Å². The number of hydrogen-bond acceptors (Lipinski definition) is 3. The van der Waals surface area contributed by atoms with E-state index in [2.05, 4.69) is 33.2 Å². The third kappa shape index (κ3) is 3.80. The van der Waals surface area contributed by atoms with E-state index in [1.807, 2.05) is 30.5 Å². The first kappa shape index (κ1) is 15.0. The van der Waals surface area contributed by atoms with Crippen molar-refractivity contribution in [2.24, 2.45) is 0 Å². The van der Waals surface area contributed by atoms with Gasteiger partial charge in [-0.05, 0) is 53.3 Å². The predicted octanol–water partition coefficient (Wildman–Crippen LogP) is 3.87. The lowest BCUT2D eigenvalue weighted by molar-refractivity contribution is -0.114. The van der Waals surface area contributed by atoms with Gasteiger partial charge < -0.3 is 10.6 Å². The van der Waals surface area contributed by atoms with E-state index < -0.39 is 0 Å². The molecule has 2 N–H and O–H groups in total. The van der Waals surface area contributed by atoms with Crippen molar-refractivity contribution in [3.05, 3.63) is 43.7 Å². The van der Waals surface area contributed by atoms with Crippen LogP contribution in [-0.2, 0) is 4.79 Å². The molecule has 4 nitrogen and oxygen atoms in total. The number of halogens is 1. The molecule has 20 heavy (non-hydrogen) atoms. The van der Waals surface area contributed by atoms with Gasteiger partial charge in [0.15, 0.2) is 0 Å². The Balaban J connectivity index is 2.17. The average Bonchev–Trinajstić information content (AvgIpc) is 2.79. The molecule has 0 saturated heterocycles. The Morgan fingerprint density at radius 2 is 1.95 bits per heavy atom. The van der Waals surface area contributed by atoms with E-state index in [1.165, 1.54) is 18.3 Å². The lowest BCUT2D eigenvalue weighted by Crippen LogP contribution is -2.12. The van der Waals surface area contributed by atoms with Gasteiger partial charge in [0, 0.05) is 23.7 Å². The van der Waals surface area contributed by atoms with Crippen molar-refractivity contribution >= 4 is 57.1 Å².